The molecule has 0 aliphatic rings. The summed E-state index contributed by atoms with van der Waals surface area (Å²) in [5.74, 6) is 0. The van der Waals surface area contributed by atoms with Gasteiger partial charge in [-0.15, -0.1) is 0 Å². The summed E-state index contributed by atoms with van der Waals surface area (Å²) in [6, 6.07) is 0. The molecule has 2 N–H and O–H groups in total. The Hall–Kier alpha value is -0.0800. The van der Waals surface area contributed by atoms with Crippen LogP contribution in [0.5, 0.6) is 0 Å². The molecule has 104 valence electrons. The highest BCUT2D eigenvalue weighted by molar-refractivity contribution is 4.52. The maximum Gasteiger partial charge on any atom is -0.00489 e. The lowest BCUT2D eigenvalue weighted by molar-refractivity contribution is 0.547. The molecule has 0 saturated carbocycles. The van der Waals surface area contributed by atoms with E-state index in [1.54, 1.807) is 0 Å². The molecule has 0 saturated heterocycles. The second-order valence-corrected chi connectivity index (χ2v) is 4.97. The number of hydrogen-bond acceptors (Lipinski definition) is 2. The van der Waals surface area contributed by atoms with E-state index in [1.807, 2.05) is 0 Å². The van der Waals surface area contributed by atoms with E-state index in [1.165, 1.54) is 84.0 Å². The molecule has 2 nitrogen and oxygen atoms in total. The molecule has 0 heterocycles. The molecule has 0 aromatic carbocycles. The fraction of sp³-hybridized carbons (Fsp3) is 1.00. The molecule has 0 aliphatic heterocycles. The summed E-state index contributed by atoms with van der Waals surface area (Å²) in [7, 11) is 0. The monoisotopic (exact) mass is 242 g/mol. The van der Waals surface area contributed by atoms with Gasteiger partial charge in [0.1, 0.15) is 0 Å². The molecule has 0 rings (SSSR count). The van der Waals surface area contributed by atoms with E-state index < -0.39 is 0 Å². The van der Waals surface area contributed by atoms with Gasteiger partial charge in [-0.1, -0.05) is 46.0 Å². The minimum Gasteiger partial charge on any atom is -0.317 e. The van der Waals surface area contributed by atoms with E-state index >= 15 is 0 Å². The summed E-state index contributed by atoms with van der Waals surface area (Å²) < 4.78 is 0. The lowest BCUT2D eigenvalue weighted by Crippen LogP contribution is -2.17. The largest absolute Gasteiger partial charge is 0.317 e. The van der Waals surface area contributed by atoms with Crippen LogP contribution >= 0.6 is 0 Å². The van der Waals surface area contributed by atoms with Crippen LogP contribution in [0.1, 0.15) is 71.6 Å². The van der Waals surface area contributed by atoms with Crippen molar-refractivity contribution in [3.05, 3.63) is 0 Å². The molecule has 0 unspecified atom stereocenters. The van der Waals surface area contributed by atoms with E-state index in [2.05, 4.69) is 24.5 Å². The van der Waals surface area contributed by atoms with Crippen LogP contribution in [-0.2, 0) is 0 Å². The number of rotatable bonds is 14. The number of unbranched alkanes of at least 4 members (excludes halogenated alkanes) is 6. The zero-order valence-electron chi connectivity index (χ0n) is 12.2. The van der Waals surface area contributed by atoms with Crippen molar-refractivity contribution < 1.29 is 0 Å². The maximum atomic E-state index is 3.54. The molecule has 0 aromatic heterocycles. The Morgan fingerprint density at radius 1 is 0.471 bits per heavy atom. The van der Waals surface area contributed by atoms with E-state index in [4.69, 9.17) is 0 Å². The summed E-state index contributed by atoms with van der Waals surface area (Å²) >= 11 is 0. The quantitative estimate of drug-likeness (QED) is 0.454. The minimum atomic E-state index is 1.18. The van der Waals surface area contributed by atoms with Crippen LogP contribution in [-0.4, -0.2) is 26.2 Å². The Morgan fingerprint density at radius 3 is 1.41 bits per heavy atom. The summed E-state index contributed by atoms with van der Waals surface area (Å²) in [6.07, 6.45) is 12.2. The van der Waals surface area contributed by atoms with E-state index in [-0.39, 0.29) is 0 Å². The van der Waals surface area contributed by atoms with Gasteiger partial charge in [0, 0.05) is 0 Å². The van der Waals surface area contributed by atoms with Crippen molar-refractivity contribution in [1.29, 1.82) is 0 Å². The average molecular weight is 242 g/mol. The second-order valence-electron chi connectivity index (χ2n) is 4.97. The standard InChI is InChI=1S/C15H34N2/c1-3-5-6-9-14-17-15-11-8-7-10-13-16-12-4-2/h16-17H,3-15H2,1-2H3. The molecular formula is C15H34N2. The van der Waals surface area contributed by atoms with Crippen molar-refractivity contribution >= 4 is 0 Å². The van der Waals surface area contributed by atoms with Crippen molar-refractivity contribution in [3.63, 3.8) is 0 Å². The Labute approximate surface area is 109 Å². The average Bonchev–Trinajstić information content (AvgIpc) is 2.35. The SMILES string of the molecule is CCCCCCNCCCCCCNCCC. The Balaban J connectivity index is 2.85. The summed E-state index contributed by atoms with van der Waals surface area (Å²) in [5, 5.41) is 6.99. The highest BCUT2D eigenvalue weighted by atomic mass is 14.8. The molecule has 0 bridgehead atoms. The van der Waals surface area contributed by atoms with Crippen molar-refractivity contribution in [2.45, 2.75) is 71.6 Å². The third kappa shape index (κ3) is 15.9. The van der Waals surface area contributed by atoms with E-state index in [9.17, 15) is 0 Å². The molecule has 2 heteroatoms. The van der Waals surface area contributed by atoms with Crippen LogP contribution in [0.3, 0.4) is 0 Å². The third-order valence-electron chi connectivity index (χ3n) is 3.09. The Kier molecular flexibility index (Phi) is 15.8. The zero-order valence-corrected chi connectivity index (χ0v) is 12.2. The van der Waals surface area contributed by atoms with Gasteiger partial charge in [0.15, 0.2) is 0 Å². The first kappa shape index (κ1) is 16.9. The maximum absolute atomic E-state index is 3.54. The fourth-order valence-electron chi connectivity index (χ4n) is 1.96. The van der Waals surface area contributed by atoms with Gasteiger partial charge in [0.25, 0.3) is 0 Å². The van der Waals surface area contributed by atoms with Gasteiger partial charge in [-0.3, -0.25) is 0 Å². The topological polar surface area (TPSA) is 24.1 Å². The minimum absolute atomic E-state index is 1.18. The van der Waals surface area contributed by atoms with Crippen molar-refractivity contribution in [1.82, 2.24) is 10.6 Å². The lowest BCUT2D eigenvalue weighted by Gasteiger charge is -2.05. The van der Waals surface area contributed by atoms with Crippen molar-refractivity contribution in [3.8, 4) is 0 Å². The van der Waals surface area contributed by atoms with E-state index in [0.717, 1.165) is 0 Å². The molecule has 0 aliphatic carbocycles. The Bertz CT molecular complexity index is 112. The molecular weight excluding hydrogens is 208 g/mol. The van der Waals surface area contributed by atoms with Gasteiger partial charge in [0.05, 0.1) is 0 Å². The molecule has 17 heavy (non-hydrogen) atoms. The first-order chi connectivity index (χ1) is 8.41. The third-order valence-corrected chi connectivity index (χ3v) is 3.09. The van der Waals surface area contributed by atoms with Crippen LogP contribution in [0.4, 0.5) is 0 Å². The second kappa shape index (κ2) is 15.9. The predicted molar refractivity (Wildman–Crippen MR) is 78.6 cm³/mol. The molecule has 0 amide bonds. The highest BCUT2D eigenvalue weighted by Crippen LogP contribution is 1.99. The van der Waals surface area contributed by atoms with Crippen LogP contribution in [0.15, 0.2) is 0 Å². The number of nitrogens with one attached hydrogen (secondary N) is 2. The van der Waals surface area contributed by atoms with Crippen molar-refractivity contribution in [2.75, 3.05) is 26.2 Å². The van der Waals surface area contributed by atoms with Gasteiger partial charge in [-0.25, -0.2) is 0 Å². The Morgan fingerprint density at radius 2 is 0.941 bits per heavy atom. The smallest absolute Gasteiger partial charge is 0.00489 e. The fourth-order valence-corrected chi connectivity index (χ4v) is 1.96. The lowest BCUT2D eigenvalue weighted by atomic mass is 10.2. The van der Waals surface area contributed by atoms with Gasteiger partial charge >= 0.3 is 0 Å². The van der Waals surface area contributed by atoms with Crippen molar-refractivity contribution in [2.24, 2.45) is 0 Å². The van der Waals surface area contributed by atoms with Crippen LogP contribution in [0, 0.1) is 0 Å². The molecule has 0 aromatic rings. The van der Waals surface area contributed by atoms with Gasteiger partial charge in [-0.05, 0) is 51.9 Å². The van der Waals surface area contributed by atoms with Crippen LogP contribution in [0.2, 0.25) is 0 Å². The normalized spacial score (nSPS) is 10.9. The first-order valence-corrected chi connectivity index (χ1v) is 7.83. The zero-order chi connectivity index (χ0) is 12.6. The van der Waals surface area contributed by atoms with Gasteiger partial charge in [0.2, 0.25) is 0 Å². The molecule has 0 fully saturated rings. The predicted octanol–water partition coefficient (Wildman–Crippen LogP) is 3.72. The van der Waals surface area contributed by atoms with Crippen LogP contribution in [0.25, 0.3) is 0 Å². The van der Waals surface area contributed by atoms with Crippen LogP contribution < -0.4 is 10.6 Å². The van der Waals surface area contributed by atoms with E-state index in [0.29, 0.717) is 0 Å². The van der Waals surface area contributed by atoms with Gasteiger partial charge in [-0.2, -0.15) is 0 Å². The first-order valence-electron chi connectivity index (χ1n) is 7.83. The molecule has 0 atom stereocenters. The molecule has 0 spiro atoms. The highest BCUT2D eigenvalue weighted by Gasteiger charge is 1.91. The number of hydrogen-bond donors (Lipinski definition) is 2. The summed E-state index contributed by atoms with van der Waals surface area (Å²) in [6.45, 7) is 9.31. The summed E-state index contributed by atoms with van der Waals surface area (Å²) in [4.78, 5) is 0. The summed E-state index contributed by atoms with van der Waals surface area (Å²) in [5.41, 5.74) is 0. The van der Waals surface area contributed by atoms with Gasteiger partial charge < -0.3 is 10.6 Å². The molecule has 0 radical (unpaired) electrons.